The average Bonchev–Trinajstić information content (AvgIpc) is 2.52. The fourth-order valence-electron chi connectivity index (χ4n) is 1.00. The predicted molar refractivity (Wildman–Crippen MR) is 55.6 cm³/mol. The first kappa shape index (κ1) is 12.3. The lowest BCUT2D eigenvalue weighted by molar-refractivity contribution is -0.139. The Morgan fingerprint density at radius 2 is 2.40 bits per heavy atom. The number of nitrogens with zero attached hydrogens (tertiary/aromatic N) is 1. The molecule has 0 aliphatic heterocycles. The second-order valence-electron chi connectivity index (χ2n) is 2.83. The number of hydrogen-bond donors (Lipinski definition) is 5. The van der Waals surface area contributed by atoms with Crippen molar-refractivity contribution in [2.75, 3.05) is 0 Å². The summed E-state index contributed by atoms with van der Waals surface area (Å²) >= 11 is 4.30. The summed E-state index contributed by atoms with van der Waals surface area (Å²) in [7, 11) is 0. The van der Waals surface area contributed by atoms with Gasteiger partial charge in [-0.25, -0.2) is 10.1 Å². The number of H-pyrrole nitrogens is 1. The molecule has 1 rings (SSSR count). The van der Waals surface area contributed by atoms with E-state index in [4.69, 9.17) is 14.9 Å². The monoisotopic (exact) mass is 251 g/mol. The molecule has 7 nitrogen and oxygen atoms in total. The minimum atomic E-state index is -3.73. The SMILES string of the molecule is O=C(O)C(Cc1c[nH]cn1)NP(O)(O)=S. The molecule has 0 saturated carbocycles. The summed E-state index contributed by atoms with van der Waals surface area (Å²) in [6, 6.07) is -1.16. The molecule has 0 aromatic carbocycles. The number of imidazole rings is 1. The second-order valence-corrected chi connectivity index (χ2v) is 5.70. The van der Waals surface area contributed by atoms with Gasteiger partial charge in [0.15, 0.2) is 0 Å². The summed E-state index contributed by atoms with van der Waals surface area (Å²) in [5, 5.41) is 10.9. The molecule has 15 heavy (non-hydrogen) atoms. The van der Waals surface area contributed by atoms with E-state index in [1.54, 1.807) is 0 Å². The number of carbonyl (C=O) groups is 1. The zero-order chi connectivity index (χ0) is 11.5. The lowest BCUT2D eigenvalue weighted by Gasteiger charge is -2.16. The first-order valence-corrected chi connectivity index (χ1v) is 6.63. The smallest absolute Gasteiger partial charge is 0.321 e. The molecule has 0 bridgehead atoms. The average molecular weight is 251 g/mol. The summed E-state index contributed by atoms with van der Waals surface area (Å²) in [6.07, 6.45) is 2.95. The van der Waals surface area contributed by atoms with E-state index in [0.29, 0.717) is 5.69 Å². The van der Waals surface area contributed by atoms with E-state index in [0.717, 1.165) is 0 Å². The quantitative estimate of drug-likeness (QED) is 0.435. The number of rotatable bonds is 5. The number of aromatic nitrogens is 2. The Balaban J connectivity index is 2.68. The lowest BCUT2D eigenvalue weighted by Crippen LogP contribution is -2.36. The molecular weight excluding hydrogens is 241 g/mol. The van der Waals surface area contributed by atoms with Crippen LogP contribution in [0.1, 0.15) is 5.69 Å². The maximum absolute atomic E-state index is 10.8. The van der Waals surface area contributed by atoms with Crippen molar-refractivity contribution in [3.8, 4) is 0 Å². The maximum Gasteiger partial charge on any atom is 0.321 e. The fraction of sp³-hybridized carbons (Fsp3) is 0.333. The van der Waals surface area contributed by atoms with Crippen LogP contribution in [0.5, 0.6) is 0 Å². The van der Waals surface area contributed by atoms with E-state index in [2.05, 4.69) is 26.9 Å². The number of carboxylic acid groups (broad SMARTS) is 1. The van der Waals surface area contributed by atoms with Crippen LogP contribution >= 0.6 is 6.64 Å². The molecule has 1 atom stereocenters. The summed E-state index contributed by atoms with van der Waals surface area (Å²) in [5.74, 6) is -1.21. The van der Waals surface area contributed by atoms with Crippen LogP contribution in [0.15, 0.2) is 12.5 Å². The van der Waals surface area contributed by atoms with Gasteiger partial charge in [-0.1, -0.05) is 0 Å². The van der Waals surface area contributed by atoms with Crippen LogP contribution < -0.4 is 5.09 Å². The largest absolute Gasteiger partial charge is 0.480 e. The van der Waals surface area contributed by atoms with Gasteiger partial charge in [0, 0.05) is 12.6 Å². The first-order chi connectivity index (χ1) is 6.88. The van der Waals surface area contributed by atoms with Crippen LogP contribution in [0.4, 0.5) is 0 Å². The van der Waals surface area contributed by atoms with E-state index < -0.39 is 18.7 Å². The van der Waals surface area contributed by atoms with Crippen molar-refractivity contribution >= 4 is 24.4 Å². The van der Waals surface area contributed by atoms with Gasteiger partial charge in [-0.2, -0.15) is 0 Å². The minimum Gasteiger partial charge on any atom is -0.480 e. The second kappa shape index (κ2) is 4.82. The molecular formula is C6H10N3O4PS. The Labute approximate surface area is 90.4 Å². The van der Waals surface area contributed by atoms with Gasteiger partial charge in [-0.3, -0.25) is 4.79 Å². The highest BCUT2D eigenvalue weighted by molar-refractivity contribution is 8.08. The number of nitrogens with one attached hydrogen (secondary N) is 2. The third-order valence-electron chi connectivity index (χ3n) is 1.59. The number of carboxylic acids is 1. The van der Waals surface area contributed by atoms with Crippen LogP contribution in [-0.2, 0) is 23.0 Å². The van der Waals surface area contributed by atoms with Crippen LogP contribution in [0.3, 0.4) is 0 Å². The Kier molecular flexibility index (Phi) is 3.95. The molecule has 84 valence electrons. The summed E-state index contributed by atoms with van der Waals surface area (Å²) in [5.41, 5.74) is 0.498. The van der Waals surface area contributed by atoms with Gasteiger partial charge < -0.3 is 19.9 Å². The van der Waals surface area contributed by atoms with Crippen molar-refractivity contribution in [2.24, 2.45) is 0 Å². The first-order valence-electron chi connectivity index (χ1n) is 3.92. The molecule has 0 saturated heterocycles. The summed E-state index contributed by atoms with van der Waals surface area (Å²) in [4.78, 5) is 35.1. The highest BCUT2D eigenvalue weighted by Gasteiger charge is 2.23. The third-order valence-corrected chi connectivity index (χ3v) is 2.55. The number of aliphatic carboxylic acids is 1. The van der Waals surface area contributed by atoms with Gasteiger partial charge >= 0.3 is 5.97 Å². The molecule has 5 N–H and O–H groups in total. The van der Waals surface area contributed by atoms with Crippen LogP contribution in [0, 0.1) is 0 Å². The zero-order valence-corrected chi connectivity index (χ0v) is 9.20. The molecule has 9 heteroatoms. The summed E-state index contributed by atoms with van der Waals surface area (Å²) in [6.45, 7) is -3.73. The Morgan fingerprint density at radius 3 is 2.80 bits per heavy atom. The van der Waals surface area contributed by atoms with Crippen LogP contribution in [0.2, 0.25) is 0 Å². The van der Waals surface area contributed by atoms with Crippen molar-refractivity contribution in [3.05, 3.63) is 18.2 Å². The maximum atomic E-state index is 10.8. The number of hydrogen-bond acceptors (Lipinski definition) is 3. The van der Waals surface area contributed by atoms with E-state index >= 15 is 0 Å². The molecule has 0 amide bonds. The highest BCUT2D eigenvalue weighted by Crippen LogP contribution is 2.30. The van der Waals surface area contributed by atoms with E-state index in [9.17, 15) is 4.79 Å². The van der Waals surface area contributed by atoms with Gasteiger partial charge in [-0.05, 0) is 11.8 Å². The number of aromatic amines is 1. The Hall–Kier alpha value is -0.790. The zero-order valence-electron chi connectivity index (χ0n) is 7.49. The van der Waals surface area contributed by atoms with E-state index in [-0.39, 0.29) is 6.42 Å². The normalized spacial score (nSPS) is 13.7. The van der Waals surface area contributed by atoms with E-state index in [1.165, 1.54) is 12.5 Å². The predicted octanol–water partition coefficient (Wildman–Crippen LogP) is -0.796. The fourth-order valence-corrected chi connectivity index (χ4v) is 1.99. The molecule has 1 unspecified atom stereocenters. The summed E-state index contributed by atoms with van der Waals surface area (Å²) < 4.78 is 0. The van der Waals surface area contributed by atoms with E-state index in [1.807, 2.05) is 0 Å². The molecule has 0 spiro atoms. The van der Waals surface area contributed by atoms with Crippen molar-refractivity contribution in [1.29, 1.82) is 0 Å². The van der Waals surface area contributed by atoms with Crippen molar-refractivity contribution in [1.82, 2.24) is 15.1 Å². The van der Waals surface area contributed by atoms with Crippen molar-refractivity contribution in [3.63, 3.8) is 0 Å². The standard InChI is InChI=1S/C6H10N3O4PS/c10-6(11)5(9-14(12,13)15)1-4-2-7-3-8-4/h2-3,5H,1H2,(H,7,8)(H,10,11)(H3,9,12,13,15). The van der Waals surface area contributed by atoms with Crippen molar-refractivity contribution in [2.45, 2.75) is 12.5 Å². The Morgan fingerprint density at radius 1 is 1.73 bits per heavy atom. The molecule has 0 aliphatic carbocycles. The molecule has 1 aromatic heterocycles. The third kappa shape index (κ3) is 4.50. The van der Waals surface area contributed by atoms with Gasteiger partial charge in [-0.15, -0.1) is 0 Å². The molecule has 0 fully saturated rings. The lowest BCUT2D eigenvalue weighted by atomic mass is 10.2. The molecule has 0 radical (unpaired) electrons. The topological polar surface area (TPSA) is 118 Å². The van der Waals surface area contributed by atoms with Gasteiger partial charge in [0.05, 0.1) is 12.0 Å². The van der Waals surface area contributed by atoms with Gasteiger partial charge in [0.2, 0.25) is 0 Å². The molecule has 1 aromatic rings. The molecule has 1 heterocycles. The van der Waals surface area contributed by atoms with Crippen LogP contribution in [0.25, 0.3) is 0 Å². The minimum absolute atomic E-state index is 0.0261. The van der Waals surface area contributed by atoms with Crippen LogP contribution in [-0.4, -0.2) is 36.9 Å². The van der Waals surface area contributed by atoms with Crippen molar-refractivity contribution < 1.29 is 19.7 Å². The molecule has 0 aliphatic rings. The highest BCUT2D eigenvalue weighted by atomic mass is 32.5. The van der Waals surface area contributed by atoms with Gasteiger partial charge in [0.1, 0.15) is 6.04 Å². The Bertz CT molecular complexity index is 376. The van der Waals surface area contributed by atoms with Gasteiger partial charge in [0.25, 0.3) is 6.64 Å².